The predicted octanol–water partition coefficient (Wildman–Crippen LogP) is -2.61. The van der Waals surface area contributed by atoms with Gasteiger partial charge in [-0.25, -0.2) is 15.8 Å². The number of amides is 1. The largest absolute Gasteiger partial charge is 0.472 e. The van der Waals surface area contributed by atoms with Crippen LogP contribution >= 0.6 is 0 Å². The first kappa shape index (κ1) is 31.4. The molecule has 6 aliphatic heterocycles. The SMILES string of the molecule is NC(=O)C1C(NC2CC3CCNC3C(C3COC4C(=O)C=C(N5CCOCC5)OC43)C2)NC(N[C@@H]2CCCC[C@@H]2O)N2CNNC12. The fourth-order valence-electron chi connectivity index (χ4n) is 9.68. The van der Waals surface area contributed by atoms with Gasteiger partial charge in [0.05, 0.1) is 50.8 Å². The number of hydrogen-bond donors (Lipinski definition) is 8. The fourth-order valence-corrected chi connectivity index (χ4v) is 9.68. The number of ketones is 1. The average molecular weight is 646 g/mol. The third-order valence-electron chi connectivity index (χ3n) is 12.0. The standard InChI is InChI=1S/C31H51N9O6/c32-28(43)24-29(37-31(40-15-34-38-30(24)40)36-20-3-1-2-4-21(20)41)35-17-11-16-5-6-33-25(16)18(12-17)19-14-45-27-22(42)13-23(46-26(19)27)39-7-9-44-10-8-39/h13,16-21,24-27,29-31,33-38,41H,1-12,14-15H2,(H2,32,43)/t16?,17?,18?,19?,20-,21+,24?,25?,26?,27?,29?,30?,31?/m1/s1. The lowest BCUT2D eigenvalue weighted by Crippen LogP contribution is -2.76. The number of primary amides is 1. The molecule has 2 aliphatic carbocycles. The van der Waals surface area contributed by atoms with E-state index in [-0.39, 0.29) is 60.3 Å². The molecule has 0 aromatic rings. The molecule has 0 aromatic heterocycles. The number of hydrazine groups is 1. The van der Waals surface area contributed by atoms with Crippen LogP contribution in [0, 0.1) is 23.7 Å². The van der Waals surface area contributed by atoms with Crippen LogP contribution in [0.4, 0.5) is 0 Å². The molecule has 15 heteroatoms. The Morgan fingerprint density at radius 2 is 1.93 bits per heavy atom. The minimum Gasteiger partial charge on any atom is -0.472 e. The molecule has 0 spiro atoms. The summed E-state index contributed by atoms with van der Waals surface area (Å²) in [6, 6.07) is 0.430. The molecule has 256 valence electrons. The van der Waals surface area contributed by atoms with Gasteiger partial charge < -0.3 is 35.3 Å². The molecule has 9 N–H and O–H groups in total. The molecule has 1 amide bonds. The molecule has 0 aromatic carbocycles. The van der Waals surface area contributed by atoms with Crippen molar-refractivity contribution >= 4 is 11.7 Å². The van der Waals surface area contributed by atoms with Gasteiger partial charge in [0.1, 0.15) is 12.4 Å². The number of rotatable bonds is 7. The zero-order chi connectivity index (χ0) is 31.4. The maximum Gasteiger partial charge on any atom is 0.226 e. The first-order valence-electron chi connectivity index (χ1n) is 17.5. The topological polar surface area (TPSA) is 187 Å². The van der Waals surface area contributed by atoms with E-state index in [9.17, 15) is 14.7 Å². The molecule has 15 nitrogen and oxygen atoms in total. The lowest BCUT2D eigenvalue weighted by Gasteiger charge is -2.50. The van der Waals surface area contributed by atoms with E-state index in [0.717, 1.165) is 51.5 Å². The summed E-state index contributed by atoms with van der Waals surface area (Å²) in [4.78, 5) is 30.5. The molecule has 8 rings (SSSR count). The van der Waals surface area contributed by atoms with Gasteiger partial charge in [-0.1, -0.05) is 12.8 Å². The number of aliphatic hydroxyl groups is 1. The fraction of sp³-hybridized carbons (Fsp3) is 0.871. The number of carbonyl (C=O) groups excluding carboxylic acids is 2. The van der Waals surface area contributed by atoms with E-state index in [0.29, 0.717) is 57.4 Å². The highest BCUT2D eigenvalue weighted by Gasteiger charge is 2.55. The highest BCUT2D eigenvalue weighted by molar-refractivity contribution is 5.95. The van der Waals surface area contributed by atoms with Crippen LogP contribution in [0.5, 0.6) is 0 Å². The number of hydrogen-bond acceptors (Lipinski definition) is 14. The normalized spacial score (nSPS) is 46.3. The van der Waals surface area contributed by atoms with Crippen molar-refractivity contribution in [1.82, 2.24) is 41.9 Å². The van der Waals surface area contributed by atoms with Crippen LogP contribution in [0.1, 0.15) is 44.9 Å². The third-order valence-corrected chi connectivity index (χ3v) is 12.0. The summed E-state index contributed by atoms with van der Waals surface area (Å²) in [7, 11) is 0. The number of fused-ring (bicyclic) bond motifs is 3. The van der Waals surface area contributed by atoms with Crippen molar-refractivity contribution in [2.45, 2.75) is 100 Å². The average Bonchev–Trinajstić information content (AvgIpc) is 3.82. The zero-order valence-corrected chi connectivity index (χ0v) is 26.4. The third kappa shape index (κ3) is 5.86. The van der Waals surface area contributed by atoms with Crippen molar-refractivity contribution in [3.05, 3.63) is 12.0 Å². The van der Waals surface area contributed by atoms with E-state index in [4.69, 9.17) is 19.9 Å². The molecule has 6 heterocycles. The molecule has 11 unspecified atom stereocenters. The maximum atomic E-state index is 13.2. The van der Waals surface area contributed by atoms with Gasteiger partial charge in [-0.15, -0.1) is 0 Å². The second-order valence-corrected chi connectivity index (χ2v) is 14.6. The van der Waals surface area contributed by atoms with Crippen molar-refractivity contribution in [2.75, 3.05) is 46.1 Å². The Kier molecular flexibility index (Phi) is 8.98. The summed E-state index contributed by atoms with van der Waals surface area (Å²) in [5.41, 5.74) is 12.6. The van der Waals surface area contributed by atoms with Gasteiger partial charge in [-0.3, -0.25) is 25.5 Å². The van der Waals surface area contributed by atoms with E-state index < -0.39 is 18.1 Å². The van der Waals surface area contributed by atoms with Crippen molar-refractivity contribution < 1.29 is 28.9 Å². The smallest absolute Gasteiger partial charge is 0.226 e. The summed E-state index contributed by atoms with van der Waals surface area (Å²) >= 11 is 0. The van der Waals surface area contributed by atoms with Crippen molar-refractivity contribution in [1.29, 1.82) is 0 Å². The van der Waals surface area contributed by atoms with Crippen LogP contribution in [0.15, 0.2) is 12.0 Å². The Balaban J connectivity index is 1.00. The number of ether oxygens (including phenoxy) is 3. The van der Waals surface area contributed by atoms with Crippen LogP contribution < -0.4 is 37.9 Å². The molecule has 5 saturated heterocycles. The lowest BCUT2D eigenvalue weighted by molar-refractivity contribution is -0.133. The highest BCUT2D eigenvalue weighted by atomic mass is 16.6. The van der Waals surface area contributed by atoms with Crippen molar-refractivity contribution in [2.24, 2.45) is 29.4 Å². The maximum absolute atomic E-state index is 13.2. The second-order valence-electron chi connectivity index (χ2n) is 14.6. The lowest BCUT2D eigenvalue weighted by atomic mass is 9.68. The molecule has 7 fully saturated rings. The van der Waals surface area contributed by atoms with Gasteiger partial charge in [0.15, 0.2) is 17.8 Å². The molecule has 13 atom stereocenters. The van der Waals surface area contributed by atoms with Gasteiger partial charge in [0.2, 0.25) is 5.91 Å². The van der Waals surface area contributed by atoms with Crippen molar-refractivity contribution in [3.8, 4) is 0 Å². The quantitative estimate of drug-likeness (QED) is 0.144. The summed E-state index contributed by atoms with van der Waals surface area (Å²) in [5, 5.41) is 25.7. The van der Waals surface area contributed by atoms with Crippen LogP contribution in [0.2, 0.25) is 0 Å². The molecule has 0 bridgehead atoms. The zero-order valence-electron chi connectivity index (χ0n) is 26.4. The van der Waals surface area contributed by atoms with Crippen LogP contribution in [0.3, 0.4) is 0 Å². The van der Waals surface area contributed by atoms with Gasteiger partial charge in [-0.2, -0.15) is 0 Å². The van der Waals surface area contributed by atoms with E-state index in [1.165, 1.54) is 0 Å². The molecule has 8 aliphatic rings. The van der Waals surface area contributed by atoms with Crippen LogP contribution in [0.25, 0.3) is 0 Å². The minimum absolute atomic E-state index is 0.0128. The Labute approximate surface area is 270 Å². The van der Waals surface area contributed by atoms with Crippen LogP contribution in [-0.4, -0.2) is 128 Å². The van der Waals surface area contributed by atoms with Gasteiger partial charge >= 0.3 is 0 Å². The summed E-state index contributed by atoms with van der Waals surface area (Å²) in [6.45, 7) is 4.65. The number of nitrogens with one attached hydrogen (secondary N) is 6. The molecule has 2 saturated carbocycles. The summed E-state index contributed by atoms with van der Waals surface area (Å²) < 4.78 is 18.3. The number of aliphatic hydroxyl groups excluding tert-OH is 1. The van der Waals surface area contributed by atoms with Gasteiger partial charge in [0.25, 0.3) is 0 Å². The highest BCUT2D eigenvalue weighted by Crippen LogP contribution is 2.45. The predicted molar refractivity (Wildman–Crippen MR) is 165 cm³/mol. The number of nitrogens with zero attached hydrogens (tertiary/aromatic N) is 2. The van der Waals surface area contributed by atoms with E-state index in [1.807, 2.05) is 0 Å². The molecule has 46 heavy (non-hydrogen) atoms. The van der Waals surface area contributed by atoms with E-state index in [2.05, 4.69) is 41.9 Å². The number of carbonyl (C=O) groups is 2. The monoisotopic (exact) mass is 645 g/mol. The molecule has 0 radical (unpaired) electrons. The van der Waals surface area contributed by atoms with Gasteiger partial charge in [0, 0.05) is 43.2 Å². The molecular formula is C31H51N9O6. The van der Waals surface area contributed by atoms with Crippen LogP contribution in [-0.2, 0) is 23.8 Å². The van der Waals surface area contributed by atoms with E-state index >= 15 is 0 Å². The summed E-state index contributed by atoms with van der Waals surface area (Å²) in [6.07, 6.45) is 6.15. The Morgan fingerprint density at radius 1 is 1.09 bits per heavy atom. The first-order chi connectivity index (χ1) is 22.4. The summed E-state index contributed by atoms with van der Waals surface area (Å²) in [5.74, 6) is 0.493. The van der Waals surface area contributed by atoms with Crippen molar-refractivity contribution in [3.63, 3.8) is 0 Å². The Bertz CT molecular complexity index is 1170. The number of morpholine rings is 1. The number of nitrogens with two attached hydrogens (primary N) is 1. The Morgan fingerprint density at radius 3 is 2.76 bits per heavy atom. The Hall–Kier alpha value is -1.92. The second kappa shape index (κ2) is 13.2. The minimum atomic E-state index is -0.573. The van der Waals surface area contributed by atoms with E-state index in [1.54, 1.807) is 6.08 Å². The first-order valence-corrected chi connectivity index (χ1v) is 17.5. The molecular weight excluding hydrogens is 594 g/mol. The van der Waals surface area contributed by atoms with Gasteiger partial charge in [-0.05, 0) is 50.5 Å².